The summed E-state index contributed by atoms with van der Waals surface area (Å²) >= 11 is 0. The third-order valence-corrected chi connectivity index (χ3v) is 4.81. The minimum atomic E-state index is -4.46. The van der Waals surface area contributed by atoms with Gasteiger partial charge in [-0.05, 0) is 42.8 Å². The average Bonchev–Trinajstić information content (AvgIpc) is 2.97. The minimum Gasteiger partial charge on any atom is -0.415 e. The average molecular weight is 391 g/mol. The van der Waals surface area contributed by atoms with Gasteiger partial charge >= 0.3 is 5.76 Å². The van der Waals surface area contributed by atoms with Gasteiger partial charge in [0.2, 0.25) is 10.0 Å². The maximum atomic E-state index is 14.5. The van der Waals surface area contributed by atoms with Gasteiger partial charge in [-0.2, -0.15) is 5.26 Å². The van der Waals surface area contributed by atoms with Crippen LogP contribution in [0.5, 0.6) is 0 Å². The second kappa shape index (κ2) is 6.46. The molecule has 10 heteroatoms. The van der Waals surface area contributed by atoms with Crippen molar-refractivity contribution in [3.8, 4) is 23.0 Å². The van der Waals surface area contributed by atoms with Crippen LogP contribution in [0.15, 0.2) is 50.7 Å². The summed E-state index contributed by atoms with van der Waals surface area (Å²) in [5, 5.41) is 13.8. The molecule has 1 heterocycles. The lowest BCUT2D eigenvalue weighted by molar-refractivity contribution is 0.504. The third-order valence-electron chi connectivity index (χ3n) is 3.89. The molecule has 3 rings (SSSR count). The zero-order chi connectivity index (χ0) is 19.9. The Bertz CT molecular complexity index is 1270. The number of hydrogen-bond acceptors (Lipinski definition) is 5. The van der Waals surface area contributed by atoms with Crippen molar-refractivity contribution < 1.29 is 21.6 Å². The lowest BCUT2D eigenvalue weighted by atomic mass is 10.1. The molecule has 0 amide bonds. The molecule has 2 aromatic carbocycles. The lowest BCUT2D eigenvalue weighted by Gasteiger charge is -2.10. The van der Waals surface area contributed by atoms with Gasteiger partial charge in [-0.1, -0.05) is 0 Å². The molecule has 2 N–H and O–H groups in total. The number of rotatable bonds is 3. The molecule has 7 nitrogen and oxygen atoms in total. The molecule has 0 aliphatic rings. The van der Waals surface area contributed by atoms with Crippen LogP contribution in [-0.2, 0) is 10.0 Å². The number of aromatic nitrogens is 1. The summed E-state index contributed by atoms with van der Waals surface area (Å²) in [6, 6.07) is 7.45. The van der Waals surface area contributed by atoms with Gasteiger partial charge in [-0.15, -0.1) is 0 Å². The second-order valence-electron chi connectivity index (χ2n) is 5.64. The van der Waals surface area contributed by atoms with Crippen molar-refractivity contribution in [2.45, 2.75) is 11.8 Å². The van der Waals surface area contributed by atoms with Gasteiger partial charge < -0.3 is 4.42 Å². The Balaban J connectivity index is 2.25. The number of hydrogen-bond donors (Lipinski definition) is 1. The Morgan fingerprint density at radius 3 is 2.48 bits per heavy atom. The predicted molar refractivity (Wildman–Crippen MR) is 90.5 cm³/mol. The monoisotopic (exact) mass is 391 g/mol. The first-order valence-corrected chi connectivity index (χ1v) is 8.92. The van der Waals surface area contributed by atoms with Crippen LogP contribution in [0, 0.1) is 29.9 Å². The number of benzene rings is 2. The standard InChI is InChI=1S/C17H11F2N3O4S/c1-9-4-11(3-2-10(9)7-20)22-15(8-26-17(22)23)12-5-14(19)16(6-13(12)18)27(21,24)25/h2-6,8H,1H3,(H2,21,24,25). The molecule has 0 saturated carbocycles. The maximum absolute atomic E-state index is 14.5. The normalized spacial score (nSPS) is 11.4. The summed E-state index contributed by atoms with van der Waals surface area (Å²) in [5.74, 6) is -3.25. The Labute approximate surface area is 151 Å². The van der Waals surface area contributed by atoms with Gasteiger partial charge in [0.1, 0.15) is 22.8 Å². The van der Waals surface area contributed by atoms with Gasteiger partial charge in [-0.25, -0.2) is 31.7 Å². The van der Waals surface area contributed by atoms with E-state index in [1.807, 2.05) is 6.07 Å². The van der Waals surface area contributed by atoms with Crippen molar-refractivity contribution >= 4 is 10.0 Å². The maximum Gasteiger partial charge on any atom is 0.424 e. The predicted octanol–water partition coefficient (Wildman–Crippen LogP) is 2.20. The molecular formula is C17H11F2N3O4S. The van der Waals surface area contributed by atoms with Crippen molar-refractivity contribution in [3.63, 3.8) is 0 Å². The minimum absolute atomic E-state index is 0.138. The van der Waals surface area contributed by atoms with Gasteiger partial charge in [0, 0.05) is 5.56 Å². The highest BCUT2D eigenvalue weighted by Gasteiger charge is 2.22. The quantitative estimate of drug-likeness (QED) is 0.734. The molecular weight excluding hydrogens is 380 g/mol. The largest absolute Gasteiger partial charge is 0.424 e. The van der Waals surface area contributed by atoms with Crippen LogP contribution in [-0.4, -0.2) is 13.0 Å². The van der Waals surface area contributed by atoms with Crippen molar-refractivity contribution in [1.82, 2.24) is 4.57 Å². The molecule has 0 atom stereocenters. The van der Waals surface area contributed by atoms with Crippen LogP contribution in [0.4, 0.5) is 8.78 Å². The zero-order valence-electron chi connectivity index (χ0n) is 13.7. The van der Waals surface area contributed by atoms with E-state index in [2.05, 4.69) is 0 Å². The third kappa shape index (κ3) is 3.25. The van der Waals surface area contributed by atoms with E-state index in [0.29, 0.717) is 23.3 Å². The molecule has 0 bridgehead atoms. The van der Waals surface area contributed by atoms with E-state index in [0.717, 1.165) is 10.8 Å². The van der Waals surface area contributed by atoms with Gasteiger partial charge in [0.05, 0.1) is 23.0 Å². The van der Waals surface area contributed by atoms with E-state index >= 15 is 0 Å². The molecule has 0 aliphatic heterocycles. The summed E-state index contributed by atoms with van der Waals surface area (Å²) < 4.78 is 57.0. The van der Waals surface area contributed by atoms with Gasteiger partial charge in [0.15, 0.2) is 0 Å². The summed E-state index contributed by atoms with van der Waals surface area (Å²) in [6.45, 7) is 1.65. The van der Waals surface area contributed by atoms with E-state index in [-0.39, 0.29) is 11.4 Å². The molecule has 0 radical (unpaired) electrons. The molecule has 0 saturated heterocycles. The van der Waals surface area contributed by atoms with Crippen LogP contribution in [0.3, 0.4) is 0 Å². The number of nitrogens with two attached hydrogens (primary N) is 1. The molecule has 0 fully saturated rings. The zero-order valence-corrected chi connectivity index (χ0v) is 14.5. The molecule has 0 spiro atoms. The summed E-state index contributed by atoms with van der Waals surface area (Å²) in [7, 11) is -4.46. The molecule has 0 aliphatic carbocycles. The number of sulfonamides is 1. The topological polar surface area (TPSA) is 119 Å². The highest BCUT2D eigenvalue weighted by atomic mass is 32.2. The Morgan fingerprint density at radius 1 is 1.19 bits per heavy atom. The van der Waals surface area contributed by atoms with Crippen molar-refractivity contribution in [1.29, 1.82) is 5.26 Å². The smallest absolute Gasteiger partial charge is 0.415 e. The summed E-state index contributed by atoms with van der Waals surface area (Å²) in [6.07, 6.45) is 0.921. The van der Waals surface area contributed by atoms with Gasteiger partial charge in [-0.3, -0.25) is 0 Å². The van der Waals surface area contributed by atoms with Crippen LogP contribution in [0.2, 0.25) is 0 Å². The van der Waals surface area contributed by atoms with Crippen LogP contribution in [0.1, 0.15) is 11.1 Å². The molecule has 3 aromatic rings. The molecule has 0 unspecified atom stereocenters. The Kier molecular flexibility index (Phi) is 4.43. The van der Waals surface area contributed by atoms with E-state index in [4.69, 9.17) is 14.8 Å². The Hall–Kier alpha value is -3.29. The van der Waals surface area contributed by atoms with Crippen LogP contribution >= 0.6 is 0 Å². The SMILES string of the molecule is Cc1cc(-n2c(-c3cc(F)c(S(N)(=O)=O)cc3F)coc2=O)ccc1C#N. The van der Waals surface area contributed by atoms with Crippen LogP contribution < -0.4 is 10.9 Å². The number of oxazole rings is 1. The number of nitriles is 1. The first kappa shape index (κ1) is 18.5. The first-order valence-electron chi connectivity index (χ1n) is 7.37. The van der Waals surface area contributed by atoms with E-state index in [9.17, 15) is 22.0 Å². The van der Waals surface area contributed by atoms with Crippen LogP contribution in [0.25, 0.3) is 16.9 Å². The first-order chi connectivity index (χ1) is 12.6. The van der Waals surface area contributed by atoms with Gasteiger partial charge in [0.25, 0.3) is 0 Å². The summed E-state index contributed by atoms with van der Waals surface area (Å²) in [4.78, 5) is 11.1. The number of halogens is 2. The van der Waals surface area contributed by atoms with E-state index in [1.54, 1.807) is 6.92 Å². The van der Waals surface area contributed by atoms with E-state index in [1.165, 1.54) is 18.2 Å². The fraction of sp³-hybridized carbons (Fsp3) is 0.0588. The summed E-state index contributed by atoms with van der Waals surface area (Å²) in [5.41, 5.74) is 0.668. The fourth-order valence-corrected chi connectivity index (χ4v) is 3.19. The molecule has 1 aromatic heterocycles. The van der Waals surface area contributed by atoms with Crippen molar-refractivity contribution in [2.24, 2.45) is 5.14 Å². The molecule has 138 valence electrons. The van der Waals surface area contributed by atoms with Crippen molar-refractivity contribution in [2.75, 3.05) is 0 Å². The fourth-order valence-electron chi connectivity index (χ4n) is 2.59. The second-order valence-corrected chi connectivity index (χ2v) is 7.17. The number of primary sulfonamides is 1. The Morgan fingerprint density at radius 2 is 1.89 bits per heavy atom. The molecule has 27 heavy (non-hydrogen) atoms. The number of aryl methyl sites for hydroxylation is 1. The lowest BCUT2D eigenvalue weighted by Crippen LogP contribution is -2.16. The van der Waals surface area contributed by atoms with E-state index < -0.39 is 37.9 Å². The highest BCUT2D eigenvalue weighted by Crippen LogP contribution is 2.28. The van der Waals surface area contributed by atoms with Crippen molar-refractivity contribution in [3.05, 3.63) is 69.9 Å². The number of nitrogens with zero attached hydrogens (tertiary/aromatic N) is 2. The highest BCUT2D eigenvalue weighted by molar-refractivity contribution is 7.89.